The molecule has 0 radical (unpaired) electrons. The third-order valence-electron chi connectivity index (χ3n) is 4.60. The largest absolute Gasteiger partial charge is 0.408 e. The fourth-order valence-electron chi connectivity index (χ4n) is 3.26. The van der Waals surface area contributed by atoms with Crippen LogP contribution in [0, 0.1) is 5.41 Å². The lowest BCUT2D eigenvalue weighted by Crippen LogP contribution is -2.52. The summed E-state index contributed by atoms with van der Waals surface area (Å²) in [6, 6.07) is 6.85. The van der Waals surface area contributed by atoms with Gasteiger partial charge in [-0.25, -0.2) is 9.48 Å². The van der Waals surface area contributed by atoms with Crippen LogP contribution in [0.5, 0.6) is 0 Å². The molecule has 0 aliphatic carbocycles. The van der Waals surface area contributed by atoms with Crippen molar-refractivity contribution < 1.29 is 18.0 Å². The highest BCUT2D eigenvalue weighted by atomic mass is 19.4. The van der Waals surface area contributed by atoms with E-state index in [-0.39, 0.29) is 13.0 Å². The molecule has 152 valence electrons. The molecule has 2 heterocycles. The minimum atomic E-state index is -4.50. The standard InChI is InChI=1S/C19H24F3N5O/c1-18(2,3)11-16(19(20,21)22)23-17(28)26-10-9-15-14(12-26)24-25-27(15)13-7-5-4-6-8-13/h4-8,16H,9-12H2,1-3H3,(H,23,28). The van der Waals surface area contributed by atoms with Gasteiger partial charge in [0, 0.05) is 13.0 Å². The van der Waals surface area contributed by atoms with Crippen LogP contribution in [0.3, 0.4) is 0 Å². The van der Waals surface area contributed by atoms with Crippen molar-refractivity contribution in [3.05, 3.63) is 41.7 Å². The average molecular weight is 395 g/mol. The fourth-order valence-corrected chi connectivity index (χ4v) is 3.26. The fraction of sp³-hybridized carbons (Fsp3) is 0.526. The van der Waals surface area contributed by atoms with Gasteiger partial charge in [0.1, 0.15) is 11.7 Å². The first-order chi connectivity index (χ1) is 13.0. The number of urea groups is 1. The Bertz CT molecular complexity index is 826. The molecule has 1 N–H and O–H groups in total. The summed E-state index contributed by atoms with van der Waals surface area (Å²) in [5.74, 6) is 0. The second-order valence-electron chi connectivity index (χ2n) is 8.21. The van der Waals surface area contributed by atoms with Crippen LogP contribution < -0.4 is 5.32 Å². The van der Waals surface area contributed by atoms with E-state index in [9.17, 15) is 18.0 Å². The molecule has 0 saturated heterocycles. The maximum atomic E-state index is 13.3. The van der Waals surface area contributed by atoms with Crippen LogP contribution in [-0.2, 0) is 13.0 Å². The number of alkyl halides is 3. The second-order valence-corrected chi connectivity index (χ2v) is 8.21. The maximum Gasteiger partial charge on any atom is 0.408 e. The molecular weight excluding hydrogens is 371 g/mol. The Morgan fingerprint density at radius 1 is 1.21 bits per heavy atom. The number of hydrogen-bond acceptors (Lipinski definition) is 3. The number of para-hydroxylation sites is 1. The summed E-state index contributed by atoms with van der Waals surface area (Å²) in [5.41, 5.74) is 1.76. The molecule has 1 aliphatic heterocycles. The lowest BCUT2D eigenvalue weighted by Gasteiger charge is -2.32. The minimum absolute atomic E-state index is 0.133. The molecule has 1 unspecified atom stereocenters. The van der Waals surface area contributed by atoms with Gasteiger partial charge in [-0.2, -0.15) is 13.2 Å². The minimum Gasteiger partial charge on any atom is -0.326 e. The van der Waals surface area contributed by atoms with Crippen LogP contribution in [0.2, 0.25) is 0 Å². The van der Waals surface area contributed by atoms with Gasteiger partial charge in [-0.3, -0.25) is 0 Å². The Labute approximate surface area is 161 Å². The second kappa shape index (κ2) is 7.44. The molecule has 28 heavy (non-hydrogen) atoms. The van der Waals surface area contributed by atoms with E-state index in [4.69, 9.17) is 0 Å². The van der Waals surface area contributed by atoms with Crippen LogP contribution in [0.4, 0.5) is 18.0 Å². The van der Waals surface area contributed by atoms with E-state index in [1.54, 1.807) is 25.5 Å². The lowest BCUT2D eigenvalue weighted by atomic mass is 9.88. The molecule has 0 saturated carbocycles. The molecule has 0 spiro atoms. The summed E-state index contributed by atoms with van der Waals surface area (Å²) in [4.78, 5) is 13.8. The van der Waals surface area contributed by atoms with Crippen LogP contribution in [0.15, 0.2) is 30.3 Å². The van der Waals surface area contributed by atoms with Gasteiger partial charge >= 0.3 is 12.2 Å². The van der Waals surface area contributed by atoms with Crippen molar-refractivity contribution in [2.45, 2.75) is 52.4 Å². The number of carbonyl (C=O) groups excluding carboxylic acids is 1. The molecule has 9 heteroatoms. The van der Waals surface area contributed by atoms with Crippen molar-refractivity contribution in [3.63, 3.8) is 0 Å². The number of hydrogen-bond donors (Lipinski definition) is 1. The third kappa shape index (κ3) is 4.63. The van der Waals surface area contributed by atoms with E-state index < -0.39 is 23.7 Å². The summed E-state index contributed by atoms with van der Waals surface area (Å²) in [5, 5.41) is 10.4. The topological polar surface area (TPSA) is 63.1 Å². The van der Waals surface area contributed by atoms with Crippen LogP contribution >= 0.6 is 0 Å². The molecule has 1 aliphatic rings. The zero-order valence-electron chi connectivity index (χ0n) is 16.1. The van der Waals surface area contributed by atoms with E-state index in [1.165, 1.54) is 4.90 Å². The Hall–Kier alpha value is -2.58. The Kier molecular flexibility index (Phi) is 5.36. The van der Waals surface area contributed by atoms with Gasteiger partial charge in [-0.1, -0.05) is 44.2 Å². The number of nitrogens with zero attached hydrogens (tertiary/aromatic N) is 4. The predicted molar refractivity (Wildman–Crippen MR) is 97.9 cm³/mol. The molecule has 6 nitrogen and oxygen atoms in total. The Balaban J connectivity index is 1.71. The first-order valence-electron chi connectivity index (χ1n) is 9.15. The van der Waals surface area contributed by atoms with Crippen LogP contribution in [-0.4, -0.2) is 44.7 Å². The van der Waals surface area contributed by atoms with Gasteiger partial charge in [-0.15, -0.1) is 5.10 Å². The predicted octanol–water partition coefficient (Wildman–Crippen LogP) is 3.70. The zero-order valence-corrected chi connectivity index (χ0v) is 16.1. The third-order valence-corrected chi connectivity index (χ3v) is 4.60. The number of fused-ring (bicyclic) bond motifs is 1. The SMILES string of the molecule is CC(C)(C)CC(NC(=O)N1CCc2c(nnn2-c2ccccc2)C1)C(F)(F)F. The van der Waals surface area contributed by atoms with Gasteiger partial charge in [0.2, 0.25) is 0 Å². The number of benzene rings is 1. The van der Waals surface area contributed by atoms with Crippen LogP contribution in [0.25, 0.3) is 5.69 Å². The maximum absolute atomic E-state index is 13.3. The number of amides is 2. The summed E-state index contributed by atoms with van der Waals surface area (Å²) in [7, 11) is 0. The molecule has 1 aromatic heterocycles. The van der Waals surface area contributed by atoms with Gasteiger partial charge in [0.15, 0.2) is 0 Å². The highest BCUT2D eigenvalue weighted by molar-refractivity contribution is 5.75. The molecule has 1 atom stereocenters. The highest BCUT2D eigenvalue weighted by Crippen LogP contribution is 2.31. The van der Waals surface area contributed by atoms with Gasteiger partial charge in [0.25, 0.3) is 0 Å². The van der Waals surface area contributed by atoms with Crippen molar-refractivity contribution in [1.29, 1.82) is 0 Å². The van der Waals surface area contributed by atoms with E-state index in [0.717, 1.165) is 11.4 Å². The first kappa shape index (κ1) is 20.2. The normalized spacial score (nSPS) is 15.9. The molecule has 0 fully saturated rings. The van der Waals surface area contributed by atoms with Crippen molar-refractivity contribution in [3.8, 4) is 5.69 Å². The lowest BCUT2D eigenvalue weighted by molar-refractivity contribution is -0.159. The monoisotopic (exact) mass is 395 g/mol. The smallest absolute Gasteiger partial charge is 0.326 e. The molecule has 1 aromatic carbocycles. The number of rotatable bonds is 3. The molecular formula is C19H24F3N5O. The van der Waals surface area contributed by atoms with Crippen molar-refractivity contribution in [1.82, 2.24) is 25.2 Å². The first-order valence-corrected chi connectivity index (χ1v) is 9.15. The molecule has 0 bridgehead atoms. The van der Waals surface area contributed by atoms with Gasteiger partial charge in [-0.05, 0) is 24.0 Å². The Morgan fingerprint density at radius 2 is 1.89 bits per heavy atom. The Morgan fingerprint density at radius 3 is 2.50 bits per heavy atom. The van der Waals surface area contributed by atoms with E-state index in [1.807, 2.05) is 30.3 Å². The van der Waals surface area contributed by atoms with Gasteiger partial charge in [0.05, 0.1) is 17.9 Å². The summed E-state index contributed by atoms with van der Waals surface area (Å²) in [6.45, 7) is 5.58. The quantitative estimate of drug-likeness (QED) is 0.862. The van der Waals surface area contributed by atoms with Crippen molar-refractivity contribution >= 4 is 6.03 Å². The average Bonchev–Trinajstić information content (AvgIpc) is 3.03. The van der Waals surface area contributed by atoms with Crippen molar-refractivity contribution in [2.24, 2.45) is 5.41 Å². The molecule has 2 amide bonds. The number of carbonyl (C=O) groups is 1. The van der Waals surface area contributed by atoms with Crippen LogP contribution in [0.1, 0.15) is 38.6 Å². The highest BCUT2D eigenvalue weighted by Gasteiger charge is 2.43. The molecule has 2 aromatic rings. The summed E-state index contributed by atoms with van der Waals surface area (Å²) in [6.07, 6.45) is -4.22. The van der Waals surface area contributed by atoms with E-state index in [2.05, 4.69) is 15.6 Å². The number of nitrogens with one attached hydrogen (secondary N) is 1. The van der Waals surface area contributed by atoms with Gasteiger partial charge < -0.3 is 10.2 Å². The summed E-state index contributed by atoms with van der Waals surface area (Å²) >= 11 is 0. The number of aromatic nitrogens is 3. The summed E-state index contributed by atoms with van der Waals surface area (Å²) < 4.78 is 41.8. The molecule has 3 rings (SSSR count). The van der Waals surface area contributed by atoms with E-state index >= 15 is 0 Å². The zero-order chi connectivity index (χ0) is 20.5. The van der Waals surface area contributed by atoms with E-state index in [0.29, 0.717) is 18.7 Å². The number of halogens is 3. The van der Waals surface area contributed by atoms with Crippen molar-refractivity contribution in [2.75, 3.05) is 6.54 Å².